The standard InChI is InChI=1S/C16H14ClN5OS/c1-10(15(23)19-13-4-2-12(17)3-5-13)24-16-20-14(21-22-16)11-6-8-18-9-7-11/h2-10H,1H3,(H,19,23)(H,20,21,22)/t10-/m0/s1. The molecule has 2 aromatic heterocycles. The van der Waals surface area contributed by atoms with Crippen molar-refractivity contribution in [3.05, 3.63) is 53.8 Å². The summed E-state index contributed by atoms with van der Waals surface area (Å²) in [4.78, 5) is 20.6. The molecule has 0 radical (unpaired) electrons. The molecule has 0 fully saturated rings. The van der Waals surface area contributed by atoms with Gasteiger partial charge in [-0.25, -0.2) is 4.98 Å². The molecular formula is C16H14ClN5OS. The molecule has 2 heterocycles. The molecule has 0 aliphatic carbocycles. The maximum absolute atomic E-state index is 12.2. The van der Waals surface area contributed by atoms with Crippen LogP contribution in [0.5, 0.6) is 0 Å². The second-order valence-electron chi connectivity index (χ2n) is 4.96. The van der Waals surface area contributed by atoms with Crippen LogP contribution in [0, 0.1) is 0 Å². The average molecular weight is 360 g/mol. The summed E-state index contributed by atoms with van der Waals surface area (Å²) >= 11 is 7.11. The zero-order valence-corrected chi connectivity index (χ0v) is 14.3. The largest absolute Gasteiger partial charge is 0.325 e. The highest BCUT2D eigenvalue weighted by Crippen LogP contribution is 2.23. The zero-order chi connectivity index (χ0) is 16.9. The fourth-order valence-corrected chi connectivity index (χ4v) is 2.78. The van der Waals surface area contributed by atoms with E-state index >= 15 is 0 Å². The summed E-state index contributed by atoms with van der Waals surface area (Å²) in [6, 6.07) is 10.6. The van der Waals surface area contributed by atoms with Crippen molar-refractivity contribution in [2.45, 2.75) is 17.3 Å². The molecule has 0 bridgehead atoms. The predicted octanol–water partition coefficient (Wildman–Crippen LogP) is 3.64. The molecule has 122 valence electrons. The van der Waals surface area contributed by atoms with Crippen molar-refractivity contribution in [1.82, 2.24) is 20.2 Å². The molecular weight excluding hydrogens is 346 g/mol. The van der Waals surface area contributed by atoms with E-state index in [1.54, 1.807) is 43.6 Å². The van der Waals surface area contributed by atoms with Crippen LogP contribution in [0.25, 0.3) is 11.4 Å². The molecule has 3 aromatic rings. The lowest BCUT2D eigenvalue weighted by molar-refractivity contribution is -0.115. The Morgan fingerprint density at radius 3 is 2.62 bits per heavy atom. The molecule has 0 unspecified atom stereocenters. The van der Waals surface area contributed by atoms with Crippen molar-refractivity contribution >= 4 is 35.0 Å². The van der Waals surface area contributed by atoms with E-state index in [4.69, 9.17) is 11.6 Å². The molecule has 2 N–H and O–H groups in total. The Morgan fingerprint density at radius 1 is 1.21 bits per heavy atom. The number of benzene rings is 1. The monoisotopic (exact) mass is 359 g/mol. The number of nitrogens with one attached hydrogen (secondary N) is 2. The number of amides is 1. The number of H-pyrrole nitrogens is 1. The van der Waals surface area contributed by atoms with Gasteiger partial charge in [0, 0.05) is 28.7 Å². The number of thioether (sulfide) groups is 1. The second kappa shape index (κ2) is 7.46. The number of carbonyl (C=O) groups excluding carboxylic acids is 1. The summed E-state index contributed by atoms with van der Waals surface area (Å²) in [5.74, 6) is 0.516. The summed E-state index contributed by atoms with van der Waals surface area (Å²) in [5.41, 5.74) is 1.59. The minimum Gasteiger partial charge on any atom is -0.325 e. The Bertz CT molecular complexity index is 822. The minimum atomic E-state index is -0.346. The third-order valence-corrected chi connectivity index (χ3v) is 4.39. The number of aromatic amines is 1. The van der Waals surface area contributed by atoms with E-state index in [2.05, 4.69) is 25.5 Å². The summed E-state index contributed by atoms with van der Waals surface area (Å²) in [6.45, 7) is 1.80. The van der Waals surface area contributed by atoms with Gasteiger partial charge in [0.2, 0.25) is 11.1 Å². The third-order valence-electron chi connectivity index (χ3n) is 3.18. The van der Waals surface area contributed by atoms with Gasteiger partial charge in [-0.2, -0.15) is 0 Å². The van der Waals surface area contributed by atoms with Gasteiger partial charge in [0.05, 0.1) is 5.25 Å². The van der Waals surface area contributed by atoms with Crippen LogP contribution in [0.2, 0.25) is 5.02 Å². The molecule has 0 aliphatic heterocycles. The van der Waals surface area contributed by atoms with Crippen LogP contribution in [0.15, 0.2) is 53.9 Å². The van der Waals surface area contributed by atoms with Crippen molar-refractivity contribution in [2.24, 2.45) is 0 Å². The Kier molecular flexibility index (Phi) is 5.12. The lowest BCUT2D eigenvalue weighted by Gasteiger charge is -2.10. The second-order valence-corrected chi connectivity index (χ2v) is 6.70. The normalized spacial score (nSPS) is 11.9. The van der Waals surface area contributed by atoms with Crippen LogP contribution in [0.4, 0.5) is 5.69 Å². The molecule has 0 aliphatic rings. The Hall–Kier alpha value is -2.38. The van der Waals surface area contributed by atoms with Gasteiger partial charge in [0.1, 0.15) is 0 Å². The van der Waals surface area contributed by atoms with E-state index in [1.807, 2.05) is 12.1 Å². The lowest BCUT2D eigenvalue weighted by Crippen LogP contribution is -2.22. The number of nitrogens with zero attached hydrogens (tertiary/aromatic N) is 3. The molecule has 24 heavy (non-hydrogen) atoms. The number of hydrogen-bond acceptors (Lipinski definition) is 5. The van der Waals surface area contributed by atoms with Gasteiger partial charge < -0.3 is 5.32 Å². The van der Waals surface area contributed by atoms with Crippen LogP contribution in [0.3, 0.4) is 0 Å². The number of rotatable bonds is 5. The van der Waals surface area contributed by atoms with E-state index in [1.165, 1.54) is 11.8 Å². The first-order valence-electron chi connectivity index (χ1n) is 7.18. The SMILES string of the molecule is C[C@H](Sc1n[nH]c(-c2ccncc2)n1)C(=O)Nc1ccc(Cl)cc1. The van der Waals surface area contributed by atoms with Gasteiger partial charge in [-0.3, -0.25) is 14.9 Å². The van der Waals surface area contributed by atoms with Crippen LogP contribution in [-0.2, 0) is 4.79 Å². The fourth-order valence-electron chi connectivity index (χ4n) is 1.93. The van der Waals surface area contributed by atoms with Gasteiger partial charge in [0.25, 0.3) is 0 Å². The highest BCUT2D eigenvalue weighted by atomic mass is 35.5. The van der Waals surface area contributed by atoms with E-state index in [0.29, 0.717) is 21.7 Å². The quantitative estimate of drug-likeness (QED) is 0.679. The molecule has 3 rings (SSSR count). The molecule has 6 nitrogen and oxygen atoms in total. The summed E-state index contributed by atoms with van der Waals surface area (Å²) in [6.07, 6.45) is 3.37. The van der Waals surface area contributed by atoms with Crippen molar-refractivity contribution in [3.8, 4) is 11.4 Å². The van der Waals surface area contributed by atoms with E-state index in [-0.39, 0.29) is 11.2 Å². The van der Waals surface area contributed by atoms with E-state index in [0.717, 1.165) is 5.56 Å². The first-order chi connectivity index (χ1) is 11.6. The maximum atomic E-state index is 12.2. The zero-order valence-electron chi connectivity index (χ0n) is 12.7. The van der Waals surface area contributed by atoms with Gasteiger partial charge in [-0.1, -0.05) is 23.4 Å². The number of anilines is 1. The van der Waals surface area contributed by atoms with Crippen LogP contribution in [0.1, 0.15) is 6.92 Å². The molecule has 1 aromatic carbocycles. The molecule has 1 amide bonds. The summed E-state index contributed by atoms with van der Waals surface area (Å²) in [7, 11) is 0. The topological polar surface area (TPSA) is 83.6 Å². The predicted molar refractivity (Wildman–Crippen MR) is 95.0 cm³/mol. The first kappa shape index (κ1) is 16.5. The van der Waals surface area contributed by atoms with E-state index < -0.39 is 0 Å². The number of carbonyl (C=O) groups is 1. The van der Waals surface area contributed by atoms with Gasteiger partial charge in [0.15, 0.2) is 5.82 Å². The number of halogens is 1. The molecule has 8 heteroatoms. The van der Waals surface area contributed by atoms with Gasteiger partial charge in [-0.05, 0) is 43.3 Å². The first-order valence-corrected chi connectivity index (χ1v) is 8.43. The van der Waals surface area contributed by atoms with Crippen LogP contribution >= 0.6 is 23.4 Å². The minimum absolute atomic E-state index is 0.127. The van der Waals surface area contributed by atoms with Gasteiger partial charge >= 0.3 is 0 Å². The van der Waals surface area contributed by atoms with Gasteiger partial charge in [-0.15, -0.1) is 5.10 Å². The fraction of sp³-hybridized carbons (Fsp3) is 0.125. The van der Waals surface area contributed by atoms with E-state index in [9.17, 15) is 4.79 Å². The van der Waals surface area contributed by atoms with Crippen molar-refractivity contribution in [1.29, 1.82) is 0 Å². The lowest BCUT2D eigenvalue weighted by atomic mass is 10.3. The average Bonchev–Trinajstić information content (AvgIpc) is 3.06. The highest BCUT2D eigenvalue weighted by Gasteiger charge is 2.17. The highest BCUT2D eigenvalue weighted by molar-refractivity contribution is 8.00. The smallest absolute Gasteiger partial charge is 0.237 e. The molecule has 1 atom stereocenters. The summed E-state index contributed by atoms with van der Waals surface area (Å²) < 4.78 is 0. The number of aromatic nitrogens is 4. The third kappa shape index (κ3) is 4.12. The maximum Gasteiger partial charge on any atom is 0.237 e. The van der Waals surface area contributed by atoms with Crippen molar-refractivity contribution in [3.63, 3.8) is 0 Å². The number of pyridine rings is 1. The van der Waals surface area contributed by atoms with Crippen LogP contribution in [-0.4, -0.2) is 31.3 Å². The Labute approximate surface area is 148 Å². The van der Waals surface area contributed by atoms with Crippen LogP contribution < -0.4 is 5.32 Å². The Balaban J connectivity index is 1.62. The van der Waals surface area contributed by atoms with Crippen molar-refractivity contribution < 1.29 is 4.79 Å². The molecule has 0 saturated heterocycles. The summed E-state index contributed by atoms with van der Waals surface area (Å²) in [5, 5.41) is 10.6. The number of hydrogen-bond donors (Lipinski definition) is 2. The van der Waals surface area contributed by atoms with Crippen molar-refractivity contribution in [2.75, 3.05) is 5.32 Å². The molecule has 0 saturated carbocycles. The molecule has 0 spiro atoms. The Morgan fingerprint density at radius 2 is 1.92 bits per heavy atom.